The average molecular weight is 234 g/mol. The Morgan fingerprint density at radius 2 is 2.18 bits per heavy atom. The molecule has 1 aromatic carbocycles. The molecule has 0 aromatic heterocycles. The average Bonchev–Trinajstić information content (AvgIpc) is 2.24. The first-order valence-electron chi connectivity index (χ1n) is 5.94. The predicted octanol–water partition coefficient (Wildman–Crippen LogP) is 2.90. The molecule has 3 nitrogen and oxygen atoms in total. The molecule has 0 radical (unpaired) electrons. The molecule has 0 bridgehead atoms. The van der Waals surface area contributed by atoms with Gasteiger partial charge in [0.15, 0.2) is 0 Å². The first-order valence-corrected chi connectivity index (χ1v) is 5.94. The Bertz CT molecular complexity index is 433. The van der Waals surface area contributed by atoms with Gasteiger partial charge >= 0.3 is 5.97 Å². The number of hydrogen-bond donors (Lipinski definition) is 1. The van der Waals surface area contributed by atoms with E-state index in [4.69, 9.17) is 9.84 Å². The van der Waals surface area contributed by atoms with E-state index in [-0.39, 0.29) is 11.8 Å². The highest BCUT2D eigenvalue weighted by Crippen LogP contribution is 2.47. The number of ether oxygens (including phenoxy) is 1. The van der Waals surface area contributed by atoms with Crippen LogP contribution in [0.4, 0.5) is 0 Å². The molecular weight excluding hydrogens is 216 g/mol. The van der Waals surface area contributed by atoms with Crippen molar-refractivity contribution in [3.05, 3.63) is 29.3 Å². The topological polar surface area (TPSA) is 46.5 Å². The lowest BCUT2D eigenvalue weighted by atomic mass is 9.62. The first kappa shape index (κ1) is 12.0. The predicted molar refractivity (Wildman–Crippen MR) is 65.5 cm³/mol. The van der Waals surface area contributed by atoms with Crippen molar-refractivity contribution < 1.29 is 14.6 Å². The van der Waals surface area contributed by atoms with Crippen LogP contribution < -0.4 is 4.74 Å². The largest absolute Gasteiger partial charge is 0.496 e. The number of carboxylic acids is 1. The molecule has 17 heavy (non-hydrogen) atoms. The van der Waals surface area contributed by atoms with Crippen molar-refractivity contribution in [2.24, 2.45) is 0 Å². The van der Waals surface area contributed by atoms with Crippen molar-refractivity contribution in [3.63, 3.8) is 0 Å². The fourth-order valence-electron chi connectivity index (χ4n) is 2.61. The second-order valence-electron chi connectivity index (χ2n) is 4.89. The number of benzene rings is 1. The van der Waals surface area contributed by atoms with Gasteiger partial charge in [-0.15, -0.1) is 0 Å². The summed E-state index contributed by atoms with van der Waals surface area (Å²) >= 11 is 0. The minimum absolute atomic E-state index is 0.160. The summed E-state index contributed by atoms with van der Waals surface area (Å²) < 4.78 is 5.31. The number of hydrogen-bond acceptors (Lipinski definition) is 2. The van der Waals surface area contributed by atoms with Gasteiger partial charge in [-0.25, -0.2) is 0 Å². The molecule has 0 heterocycles. The molecule has 0 amide bonds. The van der Waals surface area contributed by atoms with Gasteiger partial charge in [0, 0.05) is 5.41 Å². The number of carboxylic acid groups (broad SMARTS) is 1. The Hall–Kier alpha value is -1.51. The summed E-state index contributed by atoms with van der Waals surface area (Å²) in [6.07, 6.45) is 3.26. The Balaban J connectivity index is 2.34. The molecule has 1 N–H and O–H groups in total. The summed E-state index contributed by atoms with van der Waals surface area (Å²) in [5, 5.41) is 9.03. The first-order chi connectivity index (χ1) is 8.07. The zero-order valence-corrected chi connectivity index (χ0v) is 10.3. The van der Waals surface area contributed by atoms with Crippen molar-refractivity contribution in [3.8, 4) is 5.75 Å². The Morgan fingerprint density at radius 1 is 1.47 bits per heavy atom. The van der Waals surface area contributed by atoms with E-state index in [1.54, 1.807) is 7.11 Å². The zero-order chi connectivity index (χ0) is 12.5. The monoisotopic (exact) mass is 234 g/mol. The van der Waals surface area contributed by atoms with E-state index in [1.165, 1.54) is 0 Å². The number of methoxy groups -OCH3 is 1. The molecule has 0 saturated heterocycles. The molecule has 1 fully saturated rings. The van der Waals surface area contributed by atoms with Crippen LogP contribution in [0.25, 0.3) is 0 Å². The van der Waals surface area contributed by atoms with Crippen molar-refractivity contribution in [1.82, 2.24) is 0 Å². The number of rotatable bonds is 4. The smallest absolute Gasteiger partial charge is 0.304 e. The van der Waals surface area contributed by atoms with E-state index in [1.807, 2.05) is 25.1 Å². The van der Waals surface area contributed by atoms with Crippen LogP contribution in [0.15, 0.2) is 18.2 Å². The quantitative estimate of drug-likeness (QED) is 0.871. The summed E-state index contributed by atoms with van der Waals surface area (Å²) in [5.74, 6) is 0.128. The number of aliphatic carboxylic acids is 1. The van der Waals surface area contributed by atoms with Gasteiger partial charge in [0.25, 0.3) is 0 Å². The molecule has 2 rings (SSSR count). The van der Waals surface area contributed by atoms with Crippen molar-refractivity contribution in [1.29, 1.82) is 0 Å². The summed E-state index contributed by atoms with van der Waals surface area (Å²) in [7, 11) is 1.65. The van der Waals surface area contributed by atoms with Crippen molar-refractivity contribution in [2.45, 2.75) is 38.0 Å². The maximum atomic E-state index is 11.0. The summed E-state index contributed by atoms with van der Waals surface area (Å²) in [4.78, 5) is 11.0. The summed E-state index contributed by atoms with van der Waals surface area (Å²) in [6, 6.07) is 6.05. The van der Waals surface area contributed by atoms with E-state index in [0.717, 1.165) is 36.1 Å². The number of aryl methyl sites for hydroxylation is 1. The van der Waals surface area contributed by atoms with Gasteiger partial charge in [-0.2, -0.15) is 0 Å². The lowest BCUT2D eigenvalue weighted by molar-refractivity contribution is -0.139. The van der Waals surface area contributed by atoms with E-state index in [2.05, 4.69) is 0 Å². The molecular formula is C14H18O3. The van der Waals surface area contributed by atoms with Crippen LogP contribution in [0.2, 0.25) is 0 Å². The van der Waals surface area contributed by atoms with Crippen LogP contribution in [0.5, 0.6) is 5.75 Å². The van der Waals surface area contributed by atoms with Gasteiger partial charge in [-0.1, -0.05) is 18.6 Å². The Labute approximate surface area is 101 Å². The van der Waals surface area contributed by atoms with E-state index in [0.29, 0.717) is 0 Å². The van der Waals surface area contributed by atoms with E-state index < -0.39 is 5.97 Å². The van der Waals surface area contributed by atoms with Crippen LogP contribution in [0.1, 0.15) is 36.8 Å². The van der Waals surface area contributed by atoms with Crippen LogP contribution >= 0.6 is 0 Å². The summed E-state index contributed by atoms with van der Waals surface area (Å²) in [5.41, 5.74) is 2.03. The molecule has 1 aromatic rings. The highest BCUT2D eigenvalue weighted by Gasteiger charge is 2.40. The normalized spacial score (nSPS) is 17.3. The molecule has 3 heteroatoms. The van der Waals surface area contributed by atoms with Gasteiger partial charge in [0.1, 0.15) is 5.75 Å². The molecule has 1 aliphatic carbocycles. The van der Waals surface area contributed by atoms with Crippen molar-refractivity contribution in [2.75, 3.05) is 7.11 Å². The van der Waals surface area contributed by atoms with Gasteiger partial charge in [0.05, 0.1) is 13.5 Å². The minimum Gasteiger partial charge on any atom is -0.496 e. The van der Waals surface area contributed by atoms with Crippen LogP contribution in [-0.2, 0) is 10.2 Å². The highest BCUT2D eigenvalue weighted by atomic mass is 16.5. The van der Waals surface area contributed by atoms with Gasteiger partial charge in [-0.05, 0) is 37.0 Å². The lowest BCUT2D eigenvalue weighted by Gasteiger charge is -2.41. The molecule has 0 atom stereocenters. The minimum atomic E-state index is -0.718. The molecule has 1 aliphatic rings. The standard InChI is InChI=1S/C14H18O3/c1-10-4-5-11(8-12(10)17-2)14(6-3-7-14)9-13(15)16/h4-5,8H,3,6-7,9H2,1-2H3,(H,15,16). The maximum Gasteiger partial charge on any atom is 0.304 e. The molecule has 0 spiro atoms. The molecule has 0 aliphatic heterocycles. The fraction of sp³-hybridized carbons (Fsp3) is 0.500. The van der Waals surface area contributed by atoms with E-state index in [9.17, 15) is 4.79 Å². The molecule has 0 unspecified atom stereocenters. The third kappa shape index (κ3) is 2.14. The SMILES string of the molecule is COc1cc(C2(CC(=O)O)CCC2)ccc1C. The maximum absolute atomic E-state index is 11.0. The van der Waals surface area contributed by atoms with Gasteiger partial charge in [-0.3, -0.25) is 4.79 Å². The Kier molecular flexibility index (Phi) is 3.09. The molecule has 92 valence electrons. The highest BCUT2D eigenvalue weighted by molar-refractivity contribution is 5.69. The van der Waals surface area contributed by atoms with Crippen LogP contribution in [0, 0.1) is 6.92 Å². The Morgan fingerprint density at radius 3 is 2.65 bits per heavy atom. The third-order valence-electron chi connectivity index (χ3n) is 3.82. The van der Waals surface area contributed by atoms with E-state index >= 15 is 0 Å². The fourth-order valence-corrected chi connectivity index (χ4v) is 2.61. The lowest BCUT2D eigenvalue weighted by Crippen LogP contribution is -2.36. The van der Waals surface area contributed by atoms with Gasteiger partial charge < -0.3 is 9.84 Å². The second kappa shape index (κ2) is 4.40. The second-order valence-corrected chi connectivity index (χ2v) is 4.89. The van der Waals surface area contributed by atoms with Crippen molar-refractivity contribution >= 4 is 5.97 Å². The molecule has 1 saturated carbocycles. The third-order valence-corrected chi connectivity index (χ3v) is 3.82. The summed E-state index contributed by atoms with van der Waals surface area (Å²) in [6.45, 7) is 1.99. The van der Waals surface area contributed by atoms with Gasteiger partial charge in [0.2, 0.25) is 0 Å². The van der Waals surface area contributed by atoms with Crippen LogP contribution in [-0.4, -0.2) is 18.2 Å². The zero-order valence-electron chi connectivity index (χ0n) is 10.3. The van der Waals surface area contributed by atoms with Crippen LogP contribution in [0.3, 0.4) is 0 Å². The number of carbonyl (C=O) groups is 1.